The minimum atomic E-state index is 0.718. The lowest BCUT2D eigenvalue weighted by molar-refractivity contribution is 0.974. The van der Waals surface area contributed by atoms with Crippen LogP contribution in [0.1, 0.15) is 6.92 Å². The lowest BCUT2D eigenvalue weighted by Gasteiger charge is -2.20. The van der Waals surface area contributed by atoms with Gasteiger partial charge in [-0.05, 0) is 25.1 Å². The molecule has 0 radical (unpaired) electrons. The van der Waals surface area contributed by atoms with Crippen LogP contribution in [0.3, 0.4) is 0 Å². The summed E-state index contributed by atoms with van der Waals surface area (Å²) in [4.78, 5) is 6.46. The summed E-state index contributed by atoms with van der Waals surface area (Å²) in [6.07, 6.45) is 1.72. The number of halogens is 1. The quantitative estimate of drug-likeness (QED) is 0.919. The summed E-state index contributed by atoms with van der Waals surface area (Å²) < 4.78 is 1.04. The number of nitrogen functional groups attached to an aromatic ring is 1. The van der Waals surface area contributed by atoms with Crippen molar-refractivity contribution in [3.8, 4) is 0 Å². The van der Waals surface area contributed by atoms with Crippen molar-refractivity contribution in [1.82, 2.24) is 4.98 Å². The van der Waals surface area contributed by atoms with Gasteiger partial charge in [0.2, 0.25) is 0 Å². The molecule has 0 aliphatic rings. The first-order chi connectivity index (χ1) is 7.63. The molecule has 0 amide bonds. The summed E-state index contributed by atoms with van der Waals surface area (Å²) >= 11 is 3.48. The number of fused-ring (bicyclic) bond motifs is 1. The zero-order valence-corrected chi connectivity index (χ0v) is 11.0. The molecular formula is C12H14BrN3. The van der Waals surface area contributed by atoms with Gasteiger partial charge < -0.3 is 10.6 Å². The van der Waals surface area contributed by atoms with E-state index in [1.54, 1.807) is 6.20 Å². The molecule has 2 aromatic rings. The highest BCUT2D eigenvalue weighted by Gasteiger charge is 2.10. The average molecular weight is 280 g/mol. The van der Waals surface area contributed by atoms with Crippen molar-refractivity contribution in [3.63, 3.8) is 0 Å². The number of nitrogens with zero attached hydrogens (tertiary/aromatic N) is 2. The maximum Gasteiger partial charge on any atom is 0.0745 e. The van der Waals surface area contributed by atoms with Crippen molar-refractivity contribution in [2.45, 2.75) is 6.92 Å². The molecule has 1 heterocycles. The number of pyridine rings is 1. The smallest absolute Gasteiger partial charge is 0.0745 e. The SMILES string of the molecule is CCN(C)c1c(N)cnc2ccc(Br)cc12. The molecule has 1 aromatic carbocycles. The van der Waals surface area contributed by atoms with Crippen LogP contribution < -0.4 is 10.6 Å². The highest BCUT2D eigenvalue weighted by Crippen LogP contribution is 2.32. The van der Waals surface area contributed by atoms with Crippen molar-refractivity contribution >= 4 is 38.2 Å². The van der Waals surface area contributed by atoms with Crippen LogP contribution in [-0.2, 0) is 0 Å². The number of hydrogen-bond donors (Lipinski definition) is 1. The summed E-state index contributed by atoms with van der Waals surface area (Å²) in [6, 6.07) is 6.04. The topological polar surface area (TPSA) is 42.1 Å². The minimum Gasteiger partial charge on any atom is -0.396 e. The van der Waals surface area contributed by atoms with E-state index >= 15 is 0 Å². The van der Waals surface area contributed by atoms with E-state index in [0.29, 0.717) is 0 Å². The summed E-state index contributed by atoms with van der Waals surface area (Å²) in [5.41, 5.74) is 8.73. The van der Waals surface area contributed by atoms with Crippen LogP contribution in [0.25, 0.3) is 10.9 Å². The van der Waals surface area contributed by atoms with E-state index in [9.17, 15) is 0 Å². The van der Waals surface area contributed by atoms with Gasteiger partial charge in [0.05, 0.1) is 23.1 Å². The molecule has 0 aliphatic heterocycles. The Morgan fingerprint density at radius 2 is 2.19 bits per heavy atom. The summed E-state index contributed by atoms with van der Waals surface area (Å²) in [7, 11) is 2.03. The summed E-state index contributed by atoms with van der Waals surface area (Å²) in [6.45, 7) is 3.01. The van der Waals surface area contributed by atoms with Gasteiger partial charge in [0.25, 0.3) is 0 Å². The number of rotatable bonds is 2. The predicted molar refractivity (Wildman–Crippen MR) is 72.8 cm³/mol. The second-order valence-electron chi connectivity index (χ2n) is 3.74. The molecule has 0 atom stereocenters. The maximum absolute atomic E-state index is 5.99. The molecule has 1 aromatic heterocycles. The van der Waals surface area contributed by atoms with E-state index in [4.69, 9.17) is 5.73 Å². The molecule has 0 bridgehead atoms. The van der Waals surface area contributed by atoms with E-state index in [1.165, 1.54) is 0 Å². The Balaban J connectivity index is 2.77. The fourth-order valence-corrected chi connectivity index (χ4v) is 2.11. The van der Waals surface area contributed by atoms with Crippen LogP contribution in [0.5, 0.6) is 0 Å². The lowest BCUT2D eigenvalue weighted by Crippen LogP contribution is -2.18. The molecule has 0 spiro atoms. The third-order valence-corrected chi connectivity index (χ3v) is 3.18. The molecule has 84 valence electrons. The van der Waals surface area contributed by atoms with Gasteiger partial charge in [-0.15, -0.1) is 0 Å². The minimum absolute atomic E-state index is 0.718. The third kappa shape index (κ3) is 1.85. The first kappa shape index (κ1) is 11.2. The Labute approximate surface area is 103 Å². The molecule has 4 heteroatoms. The highest BCUT2D eigenvalue weighted by atomic mass is 79.9. The van der Waals surface area contributed by atoms with Gasteiger partial charge in [-0.2, -0.15) is 0 Å². The van der Waals surface area contributed by atoms with E-state index in [2.05, 4.69) is 38.8 Å². The van der Waals surface area contributed by atoms with Crippen LogP contribution in [0, 0.1) is 0 Å². The Bertz CT molecular complexity index is 520. The maximum atomic E-state index is 5.99. The molecule has 3 nitrogen and oxygen atoms in total. The van der Waals surface area contributed by atoms with Gasteiger partial charge in [-0.3, -0.25) is 4.98 Å². The van der Waals surface area contributed by atoms with Gasteiger partial charge in [0, 0.05) is 23.5 Å². The van der Waals surface area contributed by atoms with Gasteiger partial charge >= 0.3 is 0 Å². The summed E-state index contributed by atoms with van der Waals surface area (Å²) in [5.74, 6) is 0. The lowest BCUT2D eigenvalue weighted by atomic mass is 10.1. The van der Waals surface area contributed by atoms with Crippen molar-refractivity contribution in [3.05, 3.63) is 28.9 Å². The Kier molecular flexibility index (Phi) is 3.01. The molecular weight excluding hydrogens is 266 g/mol. The first-order valence-electron chi connectivity index (χ1n) is 5.18. The molecule has 0 unspecified atom stereocenters. The molecule has 16 heavy (non-hydrogen) atoms. The number of nitrogens with two attached hydrogens (primary N) is 1. The van der Waals surface area contributed by atoms with Crippen molar-refractivity contribution in [1.29, 1.82) is 0 Å². The average Bonchev–Trinajstić information content (AvgIpc) is 2.28. The van der Waals surface area contributed by atoms with Crippen molar-refractivity contribution in [2.24, 2.45) is 0 Å². The Hall–Kier alpha value is -1.29. The molecule has 0 fully saturated rings. The molecule has 2 N–H and O–H groups in total. The number of aromatic nitrogens is 1. The number of hydrogen-bond acceptors (Lipinski definition) is 3. The number of benzene rings is 1. The van der Waals surface area contributed by atoms with Gasteiger partial charge in [-0.25, -0.2) is 0 Å². The van der Waals surface area contributed by atoms with Crippen LogP contribution >= 0.6 is 15.9 Å². The molecule has 0 aliphatic carbocycles. The van der Waals surface area contributed by atoms with Gasteiger partial charge in [0.15, 0.2) is 0 Å². The van der Waals surface area contributed by atoms with Crippen LogP contribution in [0.15, 0.2) is 28.9 Å². The van der Waals surface area contributed by atoms with Crippen molar-refractivity contribution < 1.29 is 0 Å². The fourth-order valence-electron chi connectivity index (χ4n) is 1.75. The third-order valence-electron chi connectivity index (χ3n) is 2.69. The van der Waals surface area contributed by atoms with Crippen LogP contribution in [0.2, 0.25) is 0 Å². The van der Waals surface area contributed by atoms with Crippen LogP contribution in [0.4, 0.5) is 11.4 Å². The van der Waals surface area contributed by atoms with E-state index in [0.717, 1.165) is 33.3 Å². The molecule has 2 rings (SSSR count). The zero-order chi connectivity index (χ0) is 11.7. The van der Waals surface area contributed by atoms with E-state index < -0.39 is 0 Å². The highest BCUT2D eigenvalue weighted by molar-refractivity contribution is 9.10. The Morgan fingerprint density at radius 1 is 1.44 bits per heavy atom. The second-order valence-corrected chi connectivity index (χ2v) is 4.65. The van der Waals surface area contributed by atoms with Gasteiger partial charge in [0.1, 0.15) is 0 Å². The monoisotopic (exact) mass is 279 g/mol. The molecule has 0 saturated carbocycles. The van der Waals surface area contributed by atoms with E-state index in [-0.39, 0.29) is 0 Å². The zero-order valence-electron chi connectivity index (χ0n) is 9.37. The van der Waals surface area contributed by atoms with E-state index in [1.807, 2.05) is 19.2 Å². The first-order valence-corrected chi connectivity index (χ1v) is 5.97. The van der Waals surface area contributed by atoms with Gasteiger partial charge in [-0.1, -0.05) is 15.9 Å². The normalized spacial score (nSPS) is 10.7. The largest absolute Gasteiger partial charge is 0.396 e. The van der Waals surface area contributed by atoms with Crippen molar-refractivity contribution in [2.75, 3.05) is 24.2 Å². The predicted octanol–water partition coefficient (Wildman–Crippen LogP) is 3.04. The second kappa shape index (κ2) is 4.29. The Morgan fingerprint density at radius 3 is 2.88 bits per heavy atom. The summed E-state index contributed by atoms with van der Waals surface area (Å²) in [5, 5.41) is 1.08. The molecule has 0 saturated heterocycles. The fraction of sp³-hybridized carbons (Fsp3) is 0.250. The van der Waals surface area contributed by atoms with Crippen LogP contribution in [-0.4, -0.2) is 18.6 Å². The standard InChI is InChI=1S/C12H14BrN3/c1-3-16(2)12-9-6-8(13)4-5-11(9)15-7-10(12)14/h4-7H,3,14H2,1-2H3. The number of anilines is 2.